The Labute approximate surface area is 307 Å². The first kappa shape index (κ1) is 42.9. The molecule has 9 nitrogen and oxygen atoms in total. The van der Waals surface area contributed by atoms with Crippen LogP contribution in [0.3, 0.4) is 0 Å². The summed E-state index contributed by atoms with van der Waals surface area (Å²) in [5.74, 6) is 0.273. The summed E-state index contributed by atoms with van der Waals surface area (Å²) in [5, 5.41) is 0. The second-order valence-corrected chi connectivity index (χ2v) is 14.3. The maximum Gasteiger partial charge on any atom is 2.00 e. The molecule has 14 heteroatoms. The zero-order valence-corrected chi connectivity index (χ0v) is 32.3. The van der Waals surface area contributed by atoms with Crippen molar-refractivity contribution in [1.82, 2.24) is 4.57 Å². The van der Waals surface area contributed by atoms with Crippen molar-refractivity contribution >= 4 is 33.4 Å². The first-order chi connectivity index (χ1) is 22.5. The van der Waals surface area contributed by atoms with Gasteiger partial charge >= 0.3 is 32.5 Å². The number of methoxy groups -OCH3 is 1. The molecule has 0 N–H and O–H groups in total. The molecular weight excluding hydrogens is 855 g/mol. The van der Waals surface area contributed by atoms with E-state index in [0.29, 0.717) is 18.2 Å². The number of aliphatic imine (C=N–C) groups is 2. The number of para-hydroxylation sites is 1. The summed E-state index contributed by atoms with van der Waals surface area (Å²) in [5.41, 5.74) is 0.697. The molecule has 1 aromatic heterocycles. The van der Waals surface area contributed by atoms with Crippen molar-refractivity contribution in [2.24, 2.45) is 15.4 Å². The minimum absolute atomic E-state index is 0. The quantitative estimate of drug-likeness (QED) is 0.0775. The largest absolute Gasteiger partial charge is 2.00 e. The summed E-state index contributed by atoms with van der Waals surface area (Å²) in [6.45, 7) is 12.4. The SMILES string of the molecule is CCC1(CC)CCCn2c(C(=O)OC)cc(-c3ccccc3N=C(C3=N[C@H](C(C)(C)C)CO3)c3ccccc3)c21.O=S(=O)([O-])C(F)(F)F.[CH3-].[Pt+2]. The van der Waals surface area contributed by atoms with Crippen LogP contribution in [0.25, 0.3) is 11.1 Å². The Morgan fingerprint density at radius 1 is 1.06 bits per heavy atom. The molecule has 276 valence electrons. The van der Waals surface area contributed by atoms with E-state index in [1.807, 2.05) is 54.6 Å². The van der Waals surface area contributed by atoms with Gasteiger partial charge in [-0.15, -0.1) is 0 Å². The topological polar surface area (TPSA) is 122 Å². The Balaban J connectivity index is 0.000000776. The summed E-state index contributed by atoms with van der Waals surface area (Å²) >= 11 is 0. The zero-order chi connectivity index (χ0) is 35.5. The maximum absolute atomic E-state index is 12.9. The van der Waals surface area contributed by atoms with E-state index in [0.717, 1.165) is 60.3 Å². The first-order valence-electron chi connectivity index (χ1n) is 15.8. The van der Waals surface area contributed by atoms with Crippen LogP contribution in [0, 0.1) is 12.8 Å². The van der Waals surface area contributed by atoms with Crippen LogP contribution in [0.4, 0.5) is 18.9 Å². The van der Waals surface area contributed by atoms with Crippen LogP contribution in [0.15, 0.2) is 70.6 Å². The van der Waals surface area contributed by atoms with E-state index in [2.05, 4.69) is 45.3 Å². The first-order valence-corrected chi connectivity index (χ1v) is 17.2. The molecule has 3 aromatic rings. The molecule has 2 aliphatic rings. The number of halogens is 3. The molecule has 0 amide bonds. The Bertz CT molecular complexity index is 1800. The molecule has 0 aliphatic carbocycles. The van der Waals surface area contributed by atoms with Crippen molar-refractivity contribution in [3.05, 3.63) is 85.0 Å². The molecule has 0 unspecified atom stereocenters. The summed E-state index contributed by atoms with van der Waals surface area (Å²) in [6, 6.07) is 20.4. The van der Waals surface area contributed by atoms with Crippen molar-refractivity contribution in [2.75, 3.05) is 13.7 Å². The van der Waals surface area contributed by atoms with Gasteiger partial charge in [0.1, 0.15) is 18.0 Å². The summed E-state index contributed by atoms with van der Waals surface area (Å²) < 4.78 is 72.5. The molecule has 0 saturated carbocycles. The van der Waals surface area contributed by atoms with Crippen molar-refractivity contribution in [3.8, 4) is 11.1 Å². The summed E-state index contributed by atoms with van der Waals surface area (Å²) in [7, 11) is -4.64. The fourth-order valence-corrected chi connectivity index (χ4v) is 6.16. The van der Waals surface area contributed by atoms with Gasteiger partial charge < -0.3 is 26.0 Å². The number of esters is 1. The van der Waals surface area contributed by atoms with Gasteiger partial charge in [0.15, 0.2) is 10.1 Å². The molecule has 2 aromatic carbocycles. The molecule has 2 aliphatic heterocycles. The molecule has 0 saturated heterocycles. The number of carbonyl (C=O) groups is 1. The third-order valence-corrected chi connectivity index (χ3v) is 9.56. The number of benzene rings is 2. The number of nitrogens with zero attached hydrogens (tertiary/aromatic N) is 3. The zero-order valence-electron chi connectivity index (χ0n) is 29.2. The predicted octanol–water partition coefficient (Wildman–Crippen LogP) is 8.26. The van der Waals surface area contributed by atoms with Crippen molar-refractivity contribution in [2.45, 2.75) is 83.8 Å². The van der Waals surface area contributed by atoms with E-state index in [-0.39, 0.29) is 51.3 Å². The number of fused-ring (bicyclic) bond motifs is 1. The van der Waals surface area contributed by atoms with Gasteiger partial charge in [0.25, 0.3) is 0 Å². The number of ether oxygens (including phenoxy) is 2. The standard InChI is InChI=1S/C34H41N3O3.CHF3O3S.CH3.Pt/c1-7-34(8-2)19-14-20-37-27(32(38)39-6)21-25(30(34)37)24-17-12-13-18-26(24)35-29(23-15-10-9-11-16-23)31-36-28(22-40-31)33(3,4)5;2-1(3,4)8(5,6)7;;/h9-13,15-18,21,28H,7-8,14,19-20,22H2,1-6H3;(H,5,6,7);1H3;/q;;-1;+2/p-1/t28-;;;/m0.../s1. The van der Waals surface area contributed by atoms with Gasteiger partial charge in [-0.05, 0) is 43.2 Å². The van der Waals surface area contributed by atoms with E-state index < -0.39 is 15.6 Å². The second kappa shape index (κ2) is 16.8. The van der Waals surface area contributed by atoms with Crippen LogP contribution in [0.5, 0.6) is 0 Å². The average Bonchev–Trinajstić information content (AvgIpc) is 3.70. The average molecular weight is 899 g/mol. The Morgan fingerprint density at radius 2 is 1.64 bits per heavy atom. The van der Waals surface area contributed by atoms with Gasteiger partial charge in [0.05, 0.1) is 18.8 Å². The second-order valence-electron chi connectivity index (χ2n) is 12.9. The molecule has 5 rings (SSSR count). The summed E-state index contributed by atoms with van der Waals surface area (Å²) in [4.78, 5) is 23.2. The monoisotopic (exact) mass is 898 g/mol. The third kappa shape index (κ3) is 9.14. The molecule has 50 heavy (non-hydrogen) atoms. The van der Waals surface area contributed by atoms with E-state index >= 15 is 0 Å². The maximum atomic E-state index is 12.9. The van der Waals surface area contributed by atoms with Gasteiger partial charge in [-0.1, -0.05) is 83.1 Å². The van der Waals surface area contributed by atoms with E-state index in [9.17, 15) is 18.0 Å². The molecule has 0 fully saturated rings. The molecule has 0 radical (unpaired) electrons. The van der Waals surface area contributed by atoms with Crippen LogP contribution in [0.2, 0.25) is 0 Å². The summed E-state index contributed by atoms with van der Waals surface area (Å²) in [6.07, 6.45) is 4.13. The molecular formula is C36H44F3N3O6PtS. The smallest absolute Gasteiger partial charge is 0.741 e. The van der Waals surface area contributed by atoms with Gasteiger partial charge in [-0.2, -0.15) is 13.2 Å². The Morgan fingerprint density at radius 3 is 2.16 bits per heavy atom. The minimum Gasteiger partial charge on any atom is -0.741 e. The fourth-order valence-electron chi connectivity index (χ4n) is 6.16. The fraction of sp³-hybridized carbons (Fsp3) is 0.444. The van der Waals surface area contributed by atoms with Crippen molar-refractivity contribution < 1.29 is 61.5 Å². The van der Waals surface area contributed by atoms with Gasteiger partial charge in [0.2, 0.25) is 5.90 Å². The minimum atomic E-state index is -6.09. The number of rotatable bonds is 7. The van der Waals surface area contributed by atoms with Crippen LogP contribution >= 0.6 is 0 Å². The van der Waals surface area contributed by atoms with Crippen LogP contribution < -0.4 is 0 Å². The number of alkyl halides is 3. The normalized spacial score (nSPS) is 17.1. The van der Waals surface area contributed by atoms with Crippen LogP contribution in [-0.4, -0.2) is 60.4 Å². The van der Waals surface area contributed by atoms with Crippen LogP contribution in [-0.2, 0) is 52.6 Å². The van der Waals surface area contributed by atoms with Crippen LogP contribution in [0.1, 0.15) is 82.0 Å². The third-order valence-electron chi connectivity index (χ3n) is 8.99. The molecule has 1 atom stereocenters. The van der Waals surface area contributed by atoms with Crippen molar-refractivity contribution in [1.29, 1.82) is 0 Å². The molecule has 0 bridgehead atoms. The number of hydrogen-bond acceptors (Lipinski definition) is 8. The van der Waals surface area contributed by atoms with Gasteiger partial charge in [-0.25, -0.2) is 23.2 Å². The Kier molecular flexibility index (Phi) is 14.4. The van der Waals surface area contributed by atoms with E-state index in [4.69, 9.17) is 32.4 Å². The number of hydrogen-bond donors (Lipinski definition) is 0. The van der Waals surface area contributed by atoms with Gasteiger partial charge in [-0.3, -0.25) is 0 Å². The number of carbonyl (C=O) groups excluding carboxylic acids is 1. The van der Waals surface area contributed by atoms with Gasteiger partial charge in [0, 0.05) is 34.3 Å². The van der Waals surface area contributed by atoms with E-state index in [1.165, 1.54) is 12.8 Å². The molecule has 0 spiro atoms. The van der Waals surface area contributed by atoms with Crippen molar-refractivity contribution in [3.63, 3.8) is 0 Å². The predicted molar refractivity (Wildman–Crippen MR) is 184 cm³/mol. The number of aromatic nitrogens is 1. The van der Waals surface area contributed by atoms with E-state index in [1.54, 1.807) is 0 Å². The molecule has 3 heterocycles. The Hall–Kier alpha value is -3.28.